The molecular formula is C15H18N2O2. The number of rotatable bonds is 2. The number of nitrogens with zero attached hydrogens (tertiary/aromatic N) is 2. The fourth-order valence-electron chi connectivity index (χ4n) is 2.68. The van der Waals surface area contributed by atoms with Crippen LogP contribution in [0.2, 0.25) is 0 Å². The Morgan fingerprint density at radius 2 is 1.68 bits per heavy atom. The van der Waals surface area contributed by atoms with Gasteiger partial charge in [-0.25, -0.2) is 0 Å². The molecule has 0 N–H and O–H groups in total. The quantitative estimate of drug-likeness (QED) is 0.829. The van der Waals surface area contributed by atoms with Gasteiger partial charge in [-0.1, -0.05) is 0 Å². The maximum Gasteiger partial charge on any atom is 0.267 e. The average molecular weight is 258 g/mol. The molecule has 1 aliphatic rings. The second kappa shape index (κ2) is 4.96. The molecule has 0 saturated carbocycles. The lowest BCUT2D eigenvalue weighted by Gasteiger charge is -2.11. The van der Waals surface area contributed by atoms with E-state index in [0.717, 1.165) is 42.9 Å². The van der Waals surface area contributed by atoms with Gasteiger partial charge in [-0.2, -0.15) is 0 Å². The third-order valence-corrected chi connectivity index (χ3v) is 3.71. The van der Waals surface area contributed by atoms with Gasteiger partial charge in [0.2, 0.25) is 0 Å². The minimum absolute atomic E-state index is 0.104. The zero-order valence-corrected chi connectivity index (χ0v) is 11.1. The smallest absolute Gasteiger partial charge is 0.267 e. The number of benzene rings is 1. The van der Waals surface area contributed by atoms with Gasteiger partial charge in [-0.3, -0.25) is 14.2 Å². The monoisotopic (exact) mass is 258 g/mol. The molecule has 1 aromatic heterocycles. The molecule has 0 saturated heterocycles. The number of aromatic nitrogens is 2. The van der Waals surface area contributed by atoms with Crippen molar-refractivity contribution in [2.75, 3.05) is 7.11 Å². The van der Waals surface area contributed by atoms with Crippen LogP contribution in [0.15, 0.2) is 35.1 Å². The third kappa shape index (κ3) is 2.18. The van der Waals surface area contributed by atoms with E-state index < -0.39 is 0 Å². The molecule has 4 heteroatoms. The summed E-state index contributed by atoms with van der Waals surface area (Å²) in [5.74, 6) is 0.835. The van der Waals surface area contributed by atoms with Gasteiger partial charge in [0.1, 0.15) is 5.75 Å². The lowest BCUT2D eigenvalue weighted by Crippen LogP contribution is -2.21. The van der Waals surface area contributed by atoms with Crippen molar-refractivity contribution in [3.63, 3.8) is 0 Å². The Morgan fingerprint density at radius 1 is 1.00 bits per heavy atom. The normalized spacial score (nSPS) is 14.8. The topological polar surface area (TPSA) is 36.2 Å². The predicted molar refractivity (Wildman–Crippen MR) is 74.5 cm³/mol. The largest absolute Gasteiger partial charge is 0.497 e. The molecule has 1 aliphatic heterocycles. The number of hydrogen-bond donors (Lipinski definition) is 0. The van der Waals surface area contributed by atoms with E-state index in [1.54, 1.807) is 13.2 Å². The standard InChI is InChI=1S/C15H18N2O2/c1-19-13-7-5-12(6-8-13)14-11-15(18)17-10-4-2-3-9-16(14)17/h5-8,11H,2-4,9-10H2,1H3. The molecule has 3 rings (SSSR count). The van der Waals surface area contributed by atoms with Crippen molar-refractivity contribution in [3.8, 4) is 17.0 Å². The summed E-state index contributed by atoms with van der Waals surface area (Å²) in [6, 6.07) is 9.62. The minimum atomic E-state index is 0.104. The van der Waals surface area contributed by atoms with E-state index in [0.29, 0.717) is 0 Å². The molecule has 1 aromatic carbocycles. The van der Waals surface area contributed by atoms with Crippen molar-refractivity contribution in [1.82, 2.24) is 9.36 Å². The highest BCUT2D eigenvalue weighted by atomic mass is 16.5. The molecule has 19 heavy (non-hydrogen) atoms. The number of fused-ring (bicyclic) bond motifs is 1. The molecule has 4 nitrogen and oxygen atoms in total. The highest BCUT2D eigenvalue weighted by Gasteiger charge is 2.14. The van der Waals surface area contributed by atoms with Crippen LogP contribution in [0.4, 0.5) is 0 Å². The maximum atomic E-state index is 12.1. The summed E-state index contributed by atoms with van der Waals surface area (Å²) in [4.78, 5) is 12.1. The highest BCUT2D eigenvalue weighted by Crippen LogP contribution is 2.23. The third-order valence-electron chi connectivity index (χ3n) is 3.71. The van der Waals surface area contributed by atoms with Crippen LogP contribution in [-0.4, -0.2) is 16.5 Å². The first-order valence-corrected chi connectivity index (χ1v) is 6.74. The Morgan fingerprint density at radius 3 is 2.37 bits per heavy atom. The van der Waals surface area contributed by atoms with E-state index in [4.69, 9.17) is 4.74 Å². The van der Waals surface area contributed by atoms with Crippen molar-refractivity contribution in [2.45, 2.75) is 32.4 Å². The van der Waals surface area contributed by atoms with Crippen LogP contribution < -0.4 is 10.3 Å². The van der Waals surface area contributed by atoms with Crippen molar-refractivity contribution >= 4 is 0 Å². The first-order valence-electron chi connectivity index (χ1n) is 6.74. The Bertz CT molecular complexity index is 623. The summed E-state index contributed by atoms with van der Waals surface area (Å²) < 4.78 is 9.16. The second-order valence-electron chi connectivity index (χ2n) is 4.90. The number of ether oxygens (including phenoxy) is 1. The van der Waals surface area contributed by atoms with Crippen molar-refractivity contribution < 1.29 is 4.74 Å². The molecule has 0 amide bonds. The fraction of sp³-hybridized carbons (Fsp3) is 0.400. The van der Waals surface area contributed by atoms with Crippen LogP contribution in [0.5, 0.6) is 5.75 Å². The molecular weight excluding hydrogens is 240 g/mol. The Labute approximate surface area is 112 Å². The van der Waals surface area contributed by atoms with E-state index >= 15 is 0 Å². The van der Waals surface area contributed by atoms with Gasteiger partial charge in [-0.05, 0) is 43.5 Å². The van der Waals surface area contributed by atoms with Crippen LogP contribution in [0.1, 0.15) is 19.3 Å². The lowest BCUT2D eigenvalue weighted by molar-refractivity contribution is 0.415. The highest BCUT2D eigenvalue weighted by molar-refractivity contribution is 5.60. The summed E-state index contributed by atoms with van der Waals surface area (Å²) in [5.41, 5.74) is 2.18. The average Bonchev–Trinajstić information content (AvgIpc) is 2.65. The first kappa shape index (κ1) is 12.1. The molecule has 0 spiro atoms. The van der Waals surface area contributed by atoms with Crippen LogP contribution in [0, 0.1) is 0 Å². The SMILES string of the molecule is COc1ccc(-c2cc(=O)n3n2CCCCC3)cc1. The summed E-state index contributed by atoms with van der Waals surface area (Å²) in [5, 5.41) is 0. The molecule has 0 fully saturated rings. The number of hydrogen-bond acceptors (Lipinski definition) is 2. The molecule has 100 valence electrons. The predicted octanol–water partition coefficient (Wildman–Crippen LogP) is 2.51. The van der Waals surface area contributed by atoms with E-state index in [-0.39, 0.29) is 5.56 Å². The summed E-state index contributed by atoms with van der Waals surface area (Å²) in [7, 11) is 1.66. The Kier molecular flexibility index (Phi) is 3.15. The lowest BCUT2D eigenvalue weighted by atomic mass is 10.1. The van der Waals surface area contributed by atoms with Crippen LogP contribution >= 0.6 is 0 Å². The van der Waals surface area contributed by atoms with E-state index in [9.17, 15) is 4.79 Å². The van der Waals surface area contributed by atoms with Gasteiger partial charge in [0.25, 0.3) is 5.56 Å². The molecule has 0 bridgehead atoms. The zero-order valence-electron chi connectivity index (χ0n) is 11.1. The number of methoxy groups -OCH3 is 1. The van der Waals surface area contributed by atoms with Crippen molar-refractivity contribution in [3.05, 3.63) is 40.7 Å². The Hall–Kier alpha value is -1.97. The molecule has 0 unspecified atom stereocenters. The van der Waals surface area contributed by atoms with Gasteiger partial charge in [-0.15, -0.1) is 0 Å². The van der Waals surface area contributed by atoms with Gasteiger partial charge in [0.05, 0.1) is 12.8 Å². The van der Waals surface area contributed by atoms with Crippen molar-refractivity contribution in [2.24, 2.45) is 0 Å². The summed E-state index contributed by atoms with van der Waals surface area (Å²) in [6.45, 7) is 1.75. The van der Waals surface area contributed by atoms with Crippen LogP contribution in [0.3, 0.4) is 0 Å². The minimum Gasteiger partial charge on any atom is -0.497 e. The zero-order chi connectivity index (χ0) is 13.2. The fourth-order valence-corrected chi connectivity index (χ4v) is 2.68. The van der Waals surface area contributed by atoms with Gasteiger partial charge >= 0.3 is 0 Å². The van der Waals surface area contributed by atoms with E-state index in [1.165, 1.54) is 6.42 Å². The second-order valence-corrected chi connectivity index (χ2v) is 4.90. The molecule has 0 aliphatic carbocycles. The molecule has 2 heterocycles. The van der Waals surface area contributed by atoms with Crippen LogP contribution in [0.25, 0.3) is 11.3 Å². The maximum absolute atomic E-state index is 12.1. The first-order chi connectivity index (χ1) is 9.29. The Balaban J connectivity index is 2.07. The van der Waals surface area contributed by atoms with Gasteiger partial charge in [0, 0.05) is 24.7 Å². The summed E-state index contributed by atoms with van der Waals surface area (Å²) in [6.07, 6.45) is 3.42. The van der Waals surface area contributed by atoms with Gasteiger partial charge < -0.3 is 4.74 Å². The van der Waals surface area contributed by atoms with Crippen LogP contribution in [-0.2, 0) is 13.1 Å². The van der Waals surface area contributed by atoms with E-state index in [2.05, 4.69) is 4.68 Å². The molecule has 0 atom stereocenters. The summed E-state index contributed by atoms with van der Waals surface area (Å²) >= 11 is 0. The molecule has 0 radical (unpaired) electrons. The molecule has 2 aromatic rings. The van der Waals surface area contributed by atoms with Gasteiger partial charge in [0.15, 0.2) is 0 Å². The van der Waals surface area contributed by atoms with E-state index in [1.807, 2.05) is 28.9 Å². The van der Waals surface area contributed by atoms with Crippen molar-refractivity contribution in [1.29, 1.82) is 0 Å².